The zero-order chi connectivity index (χ0) is 27.7. The molecule has 0 radical (unpaired) electrons. The molecule has 0 bridgehead atoms. The summed E-state index contributed by atoms with van der Waals surface area (Å²) >= 11 is 3.52. The zero-order valence-corrected chi connectivity index (χ0v) is 23.5. The lowest BCUT2D eigenvalue weighted by molar-refractivity contribution is 0.409. The molecule has 0 atom stereocenters. The van der Waals surface area contributed by atoms with Gasteiger partial charge in [-0.25, -0.2) is 4.99 Å². The molecule has 40 heavy (non-hydrogen) atoms. The van der Waals surface area contributed by atoms with Crippen LogP contribution in [0.4, 0.5) is 11.4 Å². The first-order chi connectivity index (χ1) is 19.6. The summed E-state index contributed by atoms with van der Waals surface area (Å²) in [5, 5.41) is 10.7. The molecule has 5 aromatic rings. The molecule has 1 N–H and O–H groups in total. The van der Waals surface area contributed by atoms with E-state index in [1.807, 2.05) is 115 Å². The largest absolute Gasteiger partial charge is 0.507 e. The molecule has 5 rings (SSSR count). The minimum atomic E-state index is 0.158. The van der Waals surface area contributed by atoms with Crippen LogP contribution in [0.1, 0.15) is 16.7 Å². The molecule has 0 aliphatic carbocycles. The number of ether oxygens (including phenoxy) is 2. The van der Waals surface area contributed by atoms with E-state index in [4.69, 9.17) is 19.5 Å². The van der Waals surface area contributed by atoms with Crippen molar-refractivity contribution in [1.82, 2.24) is 0 Å². The molecule has 0 spiro atoms. The second kappa shape index (κ2) is 12.9. The predicted molar refractivity (Wildman–Crippen MR) is 165 cm³/mol. The van der Waals surface area contributed by atoms with E-state index < -0.39 is 0 Å². The van der Waals surface area contributed by atoms with Gasteiger partial charge in [-0.3, -0.25) is 4.99 Å². The molecular formula is C34H27BrN2O3. The molecule has 0 saturated carbocycles. The number of nitrogens with zero attached hydrogens (tertiary/aromatic N) is 2. The van der Waals surface area contributed by atoms with Crippen molar-refractivity contribution in [3.63, 3.8) is 0 Å². The Morgan fingerprint density at radius 2 is 1.48 bits per heavy atom. The normalized spacial score (nSPS) is 11.5. The van der Waals surface area contributed by atoms with Crippen molar-refractivity contribution in [3.05, 3.63) is 142 Å². The first kappa shape index (κ1) is 26.9. The monoisotopic (exact) mass is 590 g/mol. The number of aromatic hydroxyl groups is 1. The number of rotatable bonds is 9. The van der Waals surface area contributed by atoms with Crippen LogP contribution in [-0.2, 0) is 6.42 Å². The Morgan fingerprint density at radius 1 is 0.750 bits per heavy atom. The highest BCUT2D eigenvalue weighted by Gasteiger charge is 2.13. The number of benzene rings is 5. The average molecular weight is 592 g/mol. The summed E-state index contributed by atoms with van der Waals surface area (Å²) in [6.45, 7) is 0. The average Bonchev–Trinajstić information content (AvgIpc) is 2.99. The van der Waals surface area contributed by atoms with Crippen molar-refractivity contribution in [3.8, 4) is 23.0 Å². The summed E-state index contributed by atoms with van der Waals surface area (Å²) in [7, 11) is 1.63. The van der Waals surface area contributed by atoms with Crippen LogP contribution in [-0.4, -0.2) is 24.1 Å². The Labute approximate surface area is 242 Å². The molecule has 0 fully saturated rings. The Bertz CT molecular complexity index is 1650. The van der Waals surface area contributed by atoms with Crippen molar-refractivity contribution in [2.24, 2.45) is 9.98 Å². The van der Waals surface area contributed by atoms with Crippen molar-refractivity contribution < 1.29 is 14.6 Å². The number of methoxy groups -OCH3 is 1. The van der Waals surface area contributed by atoms with Crippen molar-refractivity contribution in [1.29, 1.82) is 0 Å². The van der Waals surface area contributed by atoms with Gasteiger partial charge in [0.05, 0.1) is 24.2 Å². The molecule has 5 nitrogen and oxygen atoms in total. The van der Waals surface area contributed by atoms with E-state index in [1.165, 1.54) is 0 Å². The van der Waals surface area contributed by atoms with E-state index in [1.54, 1.807) is 19.2 Å². The Morgan fingerprint density at radius 3 is 2.25 bits per heavy atom. The fraction of sp³-hybridized carbons (Fsp3) is 0.0588. The molecule has 0 aliphatic rings. The minimum Gasteiger partial charge on any atom is -0.507 e. The topological polar surface area (TPSA) is 63.4 Å². The van der Waals surface area contributed by atoms with E-state index in [0.717, 1.165) is 38.5 Å². The van der Waals surface area contributed by atoms with Gasteiger partial charge in [-0.15, -0.1) is 0 Å². The highest BCUT2D eigenvalue weighted by molar-refractivity contribution is 9.10. The molecule has 6 heteroatoms. The Kier molecular flexibility index (Phi) is 8.69. The van der Waals surface area contributed by atoms with E-state index in [2.05, 4.69) is 15.9 Å². The van der Waals surface area contributed by atoms with E-state index in [0.29, 0.717) is 23.4 Å². The van der Waals surface area contributed by atoms with Crippen molar-refractivity contribution in [2.45, 2.75) is 6.42 Å². The molecule has 5 aromatic carbocycles. The lowest BCUT2D eigenvalue weighted by Gasteiger charge is -2.11. The zero-order valence-electron chi connectivity index (χ0n) is 21.9. The fourth-order valence-corrected chi connectivity index (χ4v) is 4.47. The van der Waals surface area contributed by atoms with Gasteiger partial charge in [0.15, 0.2) is 0 Å². The second-order valence-electron chi connectivity index (χ2n) is 8.92. The van der Waals surface area contributed by atoms with Gasteiger partial charge in [-0.1, -0.05) is 76.6 Å². The highest BCUT2D eigenvalue weighted by atomic mass is 79.9. The third-order valence-electron chi connectivity index (χ3n) is 6.13. The minimum absolute atomic E-state index is 0.158. The van der Waals surface area contributed by atoms with Crippen LogP contribution < -0.4 is 9.47 Å². The summed E-state index contributed by atoms with van der Waals surface area (Å²) in [6.07, 6.45) is 2.53. The maximum Gasteiger partial charge on any atom is 0.131 e. The third-order valence-corrected chi connectivity index (χ3v) is 6.63. The molecule has 0 amide bonds. The van der Waals surface area contributed by atoms with Gasteiger partial charge >= 0.3 is 0 Å². The SMILES string of the molecule is COc1cccc(Oc2ccc(CC=Nc3ccccc3N=C(c3ccccc3)c3cc(Br)ccc3O)cc2)c1. The van der Waals surface area contributed by atoms with E-state index in [9.17, 15) is 5.11 Å². The van der Waals surface area contributed by atoms with Crippen LogP contribution >= 0.6 is 15.9 Å². The molecule has 0 unspecified atom stereocenters. The summed E-state index contributed by atoms with van der Waals surface area (Å²) < 4.78 is 12.1. The molecule has 0 heterocycles. The molecule has 0 aliphatic heterocycles. The number of phenols is 1. The van der Waals surface area contributed by atoms with Crippen LogP contribution in [0.25, 0.3) is 0 Å². The standard InChI is InChI=1S/C34H27BrN2O3/c1-39-28-10-7-11-29(23-28)40-27-17-14-24(15-18-27)20-21-36-31-12-5-6-13-32(31)37-34(25-8-3-2-4-9-25)30-22-26(35)16-19-33(30)38/h2-19,21-23,38H,20H2,1H3. The smallest absolute Gasteiger partial charge is 0.131 e. The summed E-state index contributed by atoms with van der Waals surface area (Å²) in [5.41, 5.74) is 4.74. The first-order valence-electron chi connectivity index (χ1n) is 12.7. The van der Waals surface area contributed by atoms with Crippen LogP contribution in [0.15, 0.2) is 136 Å². The van der Waals surface area contributed by atoms with Gasteiger partial charge in [0.25, 0.3) is 0 Å². The van der Waals surface area contributed by atoms with Crippen molar-refractivity contribution >= 4 is 39.2 Å². The lowest BCUT2D eigenvalue weighted by atomic mass is 10.0. The number of para-hydroxylation sites is 2. The van der Waals surface area contributed by atoms with E-state index >= 15 is 0 Å². The van der Waals surface area contributed by atoms with Crippen LogP contribution in [0.5, 0.6) is 23.0 Å². The quantitative estimate of drug-likeness (QED) is 0.174. The highest BCUT2D eigenvalue weighted by Crippen LogP contribution is 2.32. The second-order valence-corrected chi connectivity index (χ2v) is 9.83. The number of hydrogen-bond acceptors (Lipinski definition) is 5. The third kappa shape index (κ3) is 6.84. The predicted octanol–water partition coefficient (Wildman–Crippen LogP) is 9.07. The molecule has 0 aromatic heterocycles. The van der Waals surface area contributed by atoms with Crippen LogP contribution in [0, 0.1) is 0 Å². The van der Waals surface area contributed by atoms with Crippen LogP contribution in [0.2, 0.25) is 0 Å². The Hall–Kier alpha value is -4.68. The number of aliphatic imine (C=N–C) groups is 2. The summed E-state index contributed by atoms with van der Waals surface area (Å²) in [4.78, 5) is 9.73. The maximum atomic E-state index is 10.7. The summed E-state index contributed by atoms with van der Waals surface area (Å²) in [5.74, 6) is 2.37. The Balaban J connectivity index is 1.36. The van der Waals surface area contributed by atoms with Gasteiger partial charge in [-0.05, 0) is 60.2 Å². The number of phenolic OH excluding ortho intramolecular Hbond substituents is 1. The van der Waals surface area contributed by atoms with Crippen LogP contribution in [0.3, 0.4) is 0 Å². The van der Waals surface area contributed by atoms with Crippen molar-refractivity contribution in [2.75, 3.05) is 7.11 Å². The number of hydrogen-bond donors (Lipinski definition) is 1. The molecule has 198 valence electrons. The maximum absolute atomic E-state index is 10.7. The van der Waals surface area contributed by atoms with Gasteiger partial charge in [0.1, 0.15) is 23.0 Å². The van der Waals surface area contributed by atoms with Gasteiger partial charge in [-0.2, -0.15) is 0 Å². The van der Waals surface area contributed by atoms with Gasteiger partial charge in [0, 0.05) is 34.3 Å². The van der Waals surface area contributed by atoms with Gasteiger partial charge in [0.2, 0.25) is 0 Å². The number of halogens is 1. The fourth-order valence-electron chi connectivity index (χ4n) is 4.11. The molecular weight excluding hydrogens is 564 g/mol. The summed E-state index contributed by atoms with van der Waals surface area (Å²) in [6, 6.07) is 38.3. The van der Waals surface area contributed by atoms with E-state index in [-0.39, 0.29) is 5.75 Å². The first-order valence-corrected chi connectivity index (χ1v) is 13.5. The lowest BCUT2D eigenvalue weighted by Crippen LogP contribution is -2.03. The molecule has 0 saturated heterocycles. The van der Waals surface area contributed by atoms with Gasteiger partial charge < -0.3 is 14.6 Å².